The van der Waals surface area contributed by atoms with E-state index >= 15 is 0 Å². The number of furan rings is 1. The van der Waals surface area contributed by atoms with Crippen molar-refractivity contribution in [1.82, 2.24) is 5.32 Å². The van der Waals surface area contributed by atoms with Gasteiger partial charge in [-0.2, -0.15) is 0 Å². The Bertz CT molecular complexity index is 690. The SMILES string of the molecule is Cc1ccc(CN[C@H](C)c2ccc(NS(C)(=O)=O)cc2)o1. The summed E-state index contributed by atoms with van der Waals surface area (Å²) in [5, 5.41) is 3.36. The fraction of sp³-hybridized carbons (Fsp3) is 0.333. The zero-order valence-corrected chi connectivity index (χ0v) is 13.2. The van der Waals surface area contributed by atoms with Gasteiger partial charge in [-0.3, -0.25) is 4.72 Å². The van der Waals surface area contributed by atoms with Crippen molar-refractivity contribution in [3.8, 4) is 0 Å². The van der Waals surface area contributed by atoms with Crippen molar-refractivity contribution in [2.45, 2.75) is 26.4 Å². The molecule has 2 N–H and O–H groups in total. The van der Waals surface area contributed by atoms with Crippen LogP contribution in [0.3, 0.4) is 0 Å². The summed E-state index contributed by atoms with van der Waals surface area (Å²) in [5.74, 6) is 1.80. The Morgan fingerprint density at radius 1 is 1.14 bits per heavy atom. The first-order valence-corrected chi connectivity index (χ1v) is 8.59. The highest BCUT2D eigenvalue weighted by Gasteiger charge is 2.07. The third kappa shape index (κ3) is 4.91. The molecule has 2 rings (SSSR count). The minimum absolute atomic E-state index is 0.141. The maximum Gasteiger partial charge on any atom is 0.229 e. The fourth-order valence-corrected chi connectivity index (χ4v) is 2.57. The van der Waals surface area contributed by atoms with Gasteiger partial charge in [0.1, 0.15) is 11.5 Å². The summed E-state index contributed by atoms with van der Waals surface area (Å²) in [7, 11) is -3.23. The smallest absolute Gasteiger partial charge is 0.229 e. The molecule has 0 amide bonds. The Morgan fingerprint density at radius 2 is 1.81 bits per heavy atom. The second-order valence-electron chi connectivity index (χ2n) is 5.11. The summed E-state index contributed by atoms with van der Waals surface area (Å²) in [6, 6.07) is 11.3. The van der Waals surface area contributed by atoms with Crippen molar-refractivity contribution >= 4 is 15.7 Å². The molecule has 0 radical (unpaired) electrons. The molecule has 0 saturated heterocycles. The molecule has 0 aliphatic carbocycles. The van der Waals surface area contributed by atoms with Crippen molar-refractivity contribution in [3.63, 3.8) is 0 Å². The molecular formula is C15H20N2O3S. The van der Waals surface area contributed by atoms with Crippen molar-refractivity contribution in [3.05, 3.63) is 53.5 Å². The molecule has 21 heavy (non-hydrogen) atoms. The summed E-state index contributed by atoms with van der Waals surface area (Å²) in [4.78, 5) is 0. The highest BCUT2D eigenvalue weighted by atomic mass is 32.2. The lowest BCUT2D eigenvalue weighted by atomic mass is 10.1. The number of nitrogens with one attached hydrogen (secondary N) is 2. The molecule has 0 aliphatic rings. The van der Waals surface area contributed by atoms with E-state index in [9.17, 15) is 8.42 Å². The number of anilines is 1. The van der Waals surface area contributed by atoms with E-state index in [1.165, 1.54) is 0 Å². The Balaban J connectivity index is 1.94. The van der Waals surface area contributed by atoms with E-state index in [1.807, 2.05) is 31.2 Å². The van der Waals surface area contributed by atoms with Crippen molar-refractivity contribution in [1.29, 1.82) is 0 Å². The monoisotopic (exact) mass is 308 g/mol. The first kappa shape index (κ1) is 15.6. The van der Waals surface area contributed by atoms with Crippen LogP contribution in [0.25, 0.3) is 0 Å². The van der Waals surface area contributed by atoms with Gasteiger partial charge in [-0.05, 0) is 43.7 Å². The van der Waals surface area contributed by atoms with Crippen LogP contribution in [0.4, 0.5) is 5.69 Å². The van der Waals surface area contributed by atoms with Gasteiger partial charge in [0.15, 0.2) is 0 Å². The van der Waals surface area contributed by atoms with Gasteiger partial charge >= 0.3 is 0 Å². The predicted molar refractivity (Wildman–Crippen MR) is 83.6 cm³/mol. The van der Waals surface area contributed by atoms with E-state index in [0.717, 1.165) is 23.3 Å². The van der Waals surface area contributed by atoms with E-state index in [0.29, 0.717) is 12.2 Å². The molecule has 5 nitrogen and oxygen atoms in total. The minimum atomic E-state index is -3.23. The Kier molecular flexibility index (Phi) is 4.69. The van der Waals surface area contributed by atoms with Crippen LogP contribution in [0, 0.1) is 6.92 Å². The normalized spacial score (nSPS) is 13.1. The average Bonchev–Trinajstić information content (AvgIpc) is 2.81. The van der Waals surface area contributed by atoms with Crippen LogP contribution in [0.2, 0.25) is 0 Å². The van der Waals surface area contributed by atoms with Crippen LogP contribution in [-0.2, 0) is 16.6 Å². The standard InChI is InChI=1S/C15H20N2O3S/c1-11-4-9-15(20-11)10-16-12(2)13-5-7-14(8-6-13)17-21(3,18)19/h4-9,12,16-17H,10H2,1-3H3/t12-/m1/s1. The van der Waals surface area contributed by atoms with E-state index in [4.69, 9.17) is 4.42 Å². The van der Waals surface area contributed by atoms with Crippen LogP contribution in [0.1, 0.15) is 30.0 Å². The molecular weight excluding hydrogens is 288 g/mol. The molecule has 6 heteroatoms. The van der Waals surface area contributed by atoms with Gasteiger partial charge in [0.2, 0.25) is 10.0 Å². The third-order valence-corrected chi connectivity index (χ3v) is 3.70. The Labute approximate surface area is 125 Å². The highest BCUT2D eigenvalue weighted by molar-refractivity contribution is 7.92. The van der Waals surface area contributed by atoms with Crippen molar-refractivity contribution in [2.75, 3.05) is 11.0 Å². The van der Waals surface area contributed by atoms with Gasteiger partial charge in [-0.15, -0.1) is 0 Å². The van der Waals surface area contributed by atoms with Crippen LogP contribution in [0.15, 0.2) is 40.8 Å². The van der Waals surface area contributed by atoms with E-state index in [-0.39, 0.29) is 6.04 Å². The molecule has 1 atom stereocenters. The lowest BCUT2D eigenvalue weighted by Crippen LogP contribution is -2.17. The van der Waals surface area contributed by atoms with Gasteiger partial charge < -0.3 is 9.73 Å². The largest absolute Gasteiger partial charge is 0.465 e. The second-order valence-corrected chi connectivity index (χ2v) is 6.86. The molecule has 0 spiro atoms. The van der Waals surface area contributed by atoms with E-state index in [1.54, 1.807) is 12.1 Å². The molecule has 0 unspecified atom stereocenters. The predicted octanol–water partition coefficient (Wildman–Crippen LogP) is 2.81. The minimum Gasteiger partial charge on any atom is -0.465 e. The van der Waals surface area contributed by atoms with Crippen LogP contribution in [0.5, 0.6) is 0 Å². The molecule has 1 aromatic carbocycles. The Morgan fingerprint density at radius 3 is 2.33 bits per heavy atom. The maximum absolute atomic E-state index is 11.1. The first-order chi connectivity index (χ1) is 9.83. The van der Waals surface area contributed by atoms with Crippen molar-refractivity contribution in [2.24, 2.45) is 0 Å². The summed E-state index contributed by atoms with van der Waals surface area (Å²) in [6.45, 7) is 4.62. The molecule has 0 fully saturated rings. The maximum atomic E-state index is 11.1. The number of rotatable bonds is 6. The molecule has 1 heterocycles. The molecule has 0 bridgehead atoms. The van der Waals surface area contributed by atoms with E-state index in [2.05, 4.69) is 17.0 Å². The van der Waals surface area contributed by atoms with Crippen molar-refractivity contribution < 1.29 is 12.8 Å². The summed E-state index contributed by atoms with van der Waals surface area (Å²) >= 11 is 0. The van der Waals surface area contributed by atoms with Crippen LogP contribution >= 0.6 is 0 Å². The summed E-state index contributed by atoms with van der Waals surface area (Å²) in [6.07, 6.45) is 1.14. The molecule has 0 saturated carbocycles. The molecule has 2 aromatic rings. The first-order valence-electron chi connectivity index (χ1n) is 6.70. The molecule has 114 valence electrons. The fourth-order valence-electron chi connectivity index (χ4n) is 2.01. The van der Waals surface area contributed by atoms with Gasteiger partial charge in [-0.25, -0.2) is 8.42 Å². The van der Waals surface area contributed by atoms with Crippen LogP contribution in [-0.4, -0.2) is 14.7 Å². The van der Waals surface area contributed by atoms with Gasteiger partial charge in [0.25, 0.3) is 0 Å². The number of hydrogen-bond acceptors (Lipinski definition) is 4. The average molecular weight is 308 g/mol. The summed E-state index contributed by atoms with van der Waals surface area (Å²) < 4.78 is 30.2. The molecule has 0 aliphatic heterocycles. The number of hydrogen-bond donors (Lipinski definition) is 2. The number of aryl methyl sites for hydroxylation is 1. The van der Waals surface area contributed by atoms with Gasteiger partial charge in [0.05, 0.1) is 12.8 Å². The van der Waals surface area contributed by atoms with Gasteiger partial charge in [-0.1, -0.05) is 12.1 Å². The highest BCUT2D eigenvalue weighted by Crippen LogP contribution is 2.17. The van der Waals surface area contributed by atoms with E-state index < -0.39 is 10.0 Å². The summed E-state index contributed by atoms with van der Waals surface area (Å²) in [5.41, 5.74) is 1.65. The quantitative estimate of drug-likeness (QED) is 0.861. The lowest BCUT2D eigenvalue weighted by Gasteiger charge is -2.14. The zero-order valence-electron chi connectivity index (χ0n) is 12.4. The zero-order chi connectivity index (χ0) is 15.5. The number of sulfonamides is 1. The Hall–Kier alpha value is -1.79. The topological polar surface area (TPSA) is 71.3 Å². The second kappa shape index (κ2) is 6.32. The van der Waals surface area contributed by atoms with Crippen LogP contribution < -0.4 is 10.0 Å². The van der Waals surface area contributed by atoms with Gasteiger partial charge in [0, 0.05) is 11.7 Å². The molecule has 1 aromatic heterocycles. The lowest BCUT2D eigenvalue weighted by molar-refractivity contribution is 0.444. The number of benzene rings is 1. The third-order valence-electron chi connectivity index (χ3n) is 3.09.